The number of piperidine rings is 1. The van der Waals surface area contributed by atoms with E-state index in [1.807, 2.05) is 0 Å². The van der Waals surface area contributed by atoms with Gasteiger partial charge in [0.05, 0.1) is 6.54 Å². The van der Waals surface area contributed by atoms with Crippen LogP contribution in [0, 0.1) is 19.3 Å². The van der Waals surface area contributed by atoms with E-state index in [-0.39, 0.29) is 5.78 Å². The maximum Gasteiger partial charge on any atom is 0.178 e. The Labute approximate surface area is 123 Å². The first-order valence-corrected chi connectivity index (χ1v) is 7.76. The number of aryl methyl sites for hydroxylation is 1. The minimum Gasteiger partial charge on any atom is -0.349 e. The Morgan fingerprint density at radius 3 is 2.35 bits per heavy atom. The summed E-state index contributed by atoms with van der Waals surface area (Å²) in [5, 5.41) is 0. The van der Waals surface area contributed by atoms with Crippen LogP contribution in [0.2, 0.25) is 0 Å². The van der Waals surface area contributed by atoms with Crippen molar-refractivity contribution in [3.63, 3.8) is 0 Å². The number of aromatic nitrogens is 1. The first kappa shape index (κ1) is 15.3. The molecule has 1 fully saturated rings. The fourth-order valence-electron chi connectivity index (χ4n) is 3.17. The molecule has 3 nitrogen and oxygen atoms in total. The van der Waals surface area contributed by atoms with Gasteiger partial charge in [0.2, 0.25) is 0 Å². The first-order valence-electron chi connectivity index (χ1n) is 7.76. The fraction of sp³-hybridized carbons (Fsp3) is 0.706. The normalized spacial score (nSPS) is 19.2. The summed E-state index contributed by atoms with van der Waals surface area (Å²) in [6.45, 7) is 14.5. The molecular formula is C17H28N2O. The summed E-state index contributed by atoms with van der Waals surface area (Å²) in [5.74, 6) is 0.275. The zero-order chi connectivity index (χ0) is 14.9. The molecule has 0 unspecified atom stereocenters. The number of carbonyl (C=O) groups excluding carboxylic acids is 1. The second-order valence-corrected chi connectivity index (χ2v) is 6.89. The van der Waals surface area contributed by atoms with Crippen molar-refractivity contribution >= 4 is 5.78 Å². The van der Waals surface area contributed by atoms with Gasteiger partial charge < -0.3 is 4.57 Å². The quantitative estimate of drug-likeness (QED) is 0.787. The Morgan fingerprint density at radius 2 is 1.85 bits per heavy atom. The van der Waals surface area contributed by atoms with Crippen LogP contribution in [0.15, 0.2) is 6.07 Å². The lowest BCUT2D eigenvalue weighted by atomic mass is 9.82. The summed E-state index contributed by atoms with van der Waals surface area (Å²) in [7, 11) is 0. The fourth-order valence-corrected chi connectivity index (χ4v) is 3.17. The maximum atomic E-state index is 12.5. The van der Waals surface area contributed by atoms with Gasteiger partial charge in [-0.25, -0.2) is 0 Å². The van der Waals surface area contributed by atoms with Gasteiger partial charge in [0.25, 0.3) is 0 Å². The predicted octanol–water partition coefficient (Wildman–Crippen LogP) is 3.43. The number of rotatable bonds is 4. The highest BCUT2D eigenvalue weighted by Crippen LogP contribution is 2.29. The molecule has 3 heteroatoms. The molecule has 0 saturated carbocycles. The van der Waals surface area contributed by atoms with Crippen molar-refractivity contribution in [1.82, 2.24) is 9.47 Å². The van der Waals surface area contributed by atoms with Crippen LogP contribution in [-0.4, -0.2) is 34.9 Å². The molecule has 1 aromatic heterocycles. The van der Waals surface area contributed by atoms with E-state index >= 15 is 0 Å². The molecule has 0 N–H and O–H groups in total. The molecule has 2 rings (SSSR count). The van der Waals surface area contributed by atoms with Gasteiger partial charge in [-0.05, 0) is 58.2 Å². The third-order valence-electron chi connectivity index (χ3n) is 4.77. The Hall–Kier alpha value is -1.09. The Morgan fingerprint density at radius 1 is 1.25 bits per heavy atom. The number of likely N-dealkylation sites (tertiary alicyclic amines) is 1. The molecule has 1 saturated heterocycles. The third kappa shape index (κ3) is 3.14. The van der Waals surface area contributed by atoms with Gasteiger partial charge in [-0.2, -0.15) is 0 Å². The third-order valence-corrected chi connectivity index (χ3v) is 4.77. The van der Waals surface area contributed by atoms with Gasteiger partial charge in [-0.3, -0.25) is 9.69 Å². The van der Waals surface area contributed by atoms with Crippen molar-refractivity contribution in [3.05, 3.63) is 23.0 Å². The number of ketones is 1. The summed E-state index contributed by atoms with van der Waals surface area (Å²) in [6.07, 6.45) is 2.38. The predicted molar refractivity (Wildman–Crippen MR) is 83.4 cm³/mol. The number of carbonyl (C=O) groups is 1. The van der Waals surface area contributed by atoms with E-state index < -0.39 is 0 Å². The van der Waals surface area contributed by atoms with Gasteiger partial charge in [0.1, 0.15) is 0 Å². The maximum absolute atomic E-state index is 12.5. The second kappa shape index (κ2) is 5.72. The van der Waals surface area contributed by atoms with Gasteiger partial charge in [-0.15, -0.1) is 0 Å². The zero-order valence-electron chi connectivity index (χ0n) is 13.6. The van der Waals surface area contributed by atoms with Crippen LogP contribution in [0.5, 0.6) is 0 Å². The summed E-state index contributed by atoms with van der Waals surface area (Å²) < 4.78 is 2.21. The van der Waals surface area contributed by atoms with Crippen molar-refractivity contribution in [2.75, 3.05) is 19.6 Å². The highest BCUT2D eigenvalue weighted by atomic mass is 16.1. The summed E-state index contributed by atoms with van der Waals surface area (Å²) in [4.78, 5) is 14.8. The molecule has 0 spiro atoms. The molecule has 0 aromatic carbocycles. The van der Waals surface area contributed by atoms with E-state index in [4.69, 9.17) is 0 Å². The Bertz CT molecular complexity index is 489. The van der Waals surface area contributed by atoms with Crippen LogP contribution in [-0.2, 0) is 6.54 Å². The monoisotopic (exact) mass is 276 g/mol. The standard InChI is InChI=1S/C17H28N2O/c1-6-19-13(2)11-15(14(19)3)16(20)12-18-9-7-17(4,5)8-10-18/h11H,6-10,12H2,1-5H3. The molecular weight excluding hydrogens is 248 g/mol. The van der Waals surface area contributed by atoms with Crippen LogP contribution in [0.4, 0.5) is 0 Å². The zero-order valence-corrected chi connectivity index (χ0v) is 13.6. The summed E-state index contributed by atoms with van der Waals surface area (Å²) in [6, 6.07) is 2.05. The minimum atomic E-state index is 0.275. The van der Waals surface area contributed by atoms with Gasteiger partial charge >= 0.3 is 0 Å². The SMILES string of the molecule is CCn1c(C)cc(C(=O)CN2CCC(C)(C)CC2)c1C. The molecule has 20 heavy (non-hydrogen) atoms. The molecule has 0 atom stereocenters. The lowest BCUT2D eigenvalue weighted by molar-refractivity contribution is 0.0845. The second-order valence-electron chi connectivity index (χ2n) is 6.89. The Balaban J connectivity index is 2.03. The molecule has 0 radical (unpaired) electrons. The lowest BCUT2D eigenvalue weighted by Gasteiger charge is -2.36. The minimum absolute atomic E-state index is 0.275. The van der Waals surface area contributed by atoms with Crippen molar-refractivity contribution in [3.8, 4) is 0 Å². The molecule has 112 valence electrons. The average molecular weight is 276 g/mol. The highest BCUT2D eigenvalue weighted by Gasteiger charge is 2.27. The highest BCUT2D eigenvalue weighted by molar-refractivity contribution is 5.99. The molecule has 2 heterocycles. The number of hydrogen-bond donors (Lipinski definition) is 0. The number of hydrogen-bond acceptors (Lipinski definition) is 2. The van der Waals surface area contributed by atoms with Crippen LogP contribution < -0.4 is 0 Å². The van der Waals surface area contributed by atoms with Gasteiger partial charge in [-0.1, -0.05) is 13.8 Å². The largest absolute Gasteiger partial charge is 0.349 e. The van der Waals surface area contributed by atoms with E-state index in [0.29, 0.717) is 12.0 Å². The first-order chi connectivity index (χ1) is 9.34. The van der Waals surface area contributed by atoms with Gasteiger partial charge in [0, 0.05) is 23.5 Å². The average Bonchev–Trinajstić information content (AvgIpc) is 2.67. The van der Waals surface area contributed by atoms with Crippen molar-refractivity contribution in [2.24, 2.45) is 5.41 Å². The molecule has 0 bridgehead atoms. The Kier molecular flexibility index (Phi) is 4.38. The van der Waals surface area contributed by atoms with Crippen molar-refractivity contribution in [2.45, 2.75) is 54.0 Å². The van der Waals surface area contributed by atoms with E-state index in [2.05, 4.69) is 50.2 Å². The van der Waals surface area contributed by atoms with Crippen molar-refractivity contribution in [1.29, 1.82) is 0 Å². The molecule has 0 aliphatic carbocycles. The van der Waals surface area contributed by atoms with E-state index in [9.17, 15) is 4.79 Å². The number of nitrogens with zero attached hydrogens (tertiary/aromatic N) is 2. The number of Topliss-reactive ketones (excluding diaryl/α,β-unsaturated/α-hetero) is 1. The van der Waals surface area contributed by atoms with Gasteiger partial charge in [0.15, 0.2) is 5.78 Å². The lowest BCUT2D eigenvalue weighted by Crippen LogP contribution is -2.40. The summed E-state index contributed by atoms with van der Waals surface area (Å²) in [5.41, 5.74) is 3.66. The van der Waals surface area contributed by atoms with Crippen molar-refractivity contribution < 1.29 is 4.79 Å². The summed E-state index contributed by atoms with van der Waals surface area (Å²) >= 11 is 0. The van der Waals surface area contributed by atoms with E-state index in [1.54, 1.807) is 0 Å². The topological polar surface area (TPSA) is 25.2 Å². The molecule has 1 aliphatic heterocycles. The van der Waals surface area contributed by atoms with E-state index in [1.165, 1.54) is 18.5 Å². The van der Waals surface area contributed by atoms with Crippen LogP contribution in [0.3, 0.4) is 0 Å². The molecule has 1 aromatic rings. The van der Waals surface area contributed by atoms with Crippen LogP contribution >= 0.6 is 0 Å². The smallest absolute Gasteiger partial charge is 0.178 e. The van der Waals surface area contributed by atoms with Crippen LogP contribution in [0.25, 0.3) is 0 Å². The molecule has 0 amide bonds. The van der Waals surface area contributed by atoms with Crippen LogP contribution in [0.1, 0.15) is 55.4 Å². The molecule has 1 aliphatic rings. The van der Waals surface area contributed by atoms with E-state index in [0.717, 1.165) is 30.9 Å².